The molecule has 0 aliphatic carbocycles. The van der Waals surface area contributed by atoms with Crippen molar-refractivity contribution in [1.82, 2.24) is 15.1 Å². The van der Waals surface area contributed by atoms with Crippen LogP contribution in [-0.2, 0) is 6.42 Å². The molecule has 1 N–H and O–H groups in total. The number of nitriles is 1. The number of unbranched alkanes of at least 4 members (excludes halogenated alkanes) is 1. The monoisotopic (exact) mass is 420 g/mol. The standard InChI is InChI=1S/C24H25ClN4O/c1-4-5-11-27-24(30)19-8-6-7-18(12-19)13-22-16(2)28-29(17(22)3)21-10-9-20(15-26)23(25)14-21/h6-10,12,14H,4-5,11,13H2,1-3H3,(H,27,30). The Bertz CT molecular complexity index is 1110. The first-order chi connectivity index (χ1) is 14.4. The Morgan fingerprint density at radius 2 is 2.03 bits per heavy atom. The van der Waals surface area contributed by atoms with Gasteiger partial charge in [0, 0.05) is 29.8 Å². The topological polar surface area (TPSA) is 70.7 Å². The van der Waals surface area contributed by atoms with Gasteiger partial charge in [0.25, 0.3) is 5.91 Å². The summed E-state index contributed by atoms with van der Waals surface area (Å²) in [5, 5.41) is 17.1. The Kier molecular flexibility index (Phi) is 6.91. The average molecular weight is 421 g/mol. The number of rotatable bonds is 7. The Morgan fingerprint density at radius 3 is 2.73 bits per heavy atom. The lowest BCUT2D eigenvalue weighted by Crippen LogP contribution is -2.24. The molecule has 0 saturated heterocycles. The maximum atomic E-state index is 12.4. The molecular formula is C24H25ClN4O. The summed E-state index contributed by atoms with van der Waals surface area (Å²) in [6, 6.07) is 15.1. The SMILES string of the molecule is CCCCNC(=O)c1cccc(Cc2c(C)nn(-c3ccc(C#N)c(Cl)c3)c2C)c1. The van der Waals surface area contributed by atoms with Gasteiger partial charge in [0.2, 0.25) is 0 Å². The molecule has 3 rings (SSSR count). The van der Waals surface area contributed by atoms with E-state index < -0.39 is 0 Å². The number of carbonyl (C=O) groups excluding carboxylic acids is 1. The van der Waals surface area contributed by atoms with Gasteiger partial charge < -0.3 is 5.32 Å². The van der Waals surface area contributed by atoms with Crippen molar-refractivity contribution < 1.29 is 4.79 Å². The number of nitrogens with zero attached hydrogens (tertiary/aromatic N) is 3. The van der Waals surface area contributed by atoms with Crippen molar-refractivity contribution in [1.29, 1.82) is 5.26 Å². The highest BCUT2D eigenvalue weighted by atomic mass is 35.5. The summed E-state index contributed by atoms with van der Waals surface area (Å²) in [4.78, 5) is 12.4. The van der Waals surface area contributed by atoms with Gasteiger partial charge >= 0.3 is 0 Å². The fourth-order valence-corrected chi connectivity index (χ4v) is 3.63. The number of halogens is 1. The maximum Gasteiger partial charge on any atom is 0.251 e. The number of benzene rings is 2. The van der Waals surface area contributed by atoms with Gasteiger partial charge in [0.05, 0.1) is 22.0 Å². The Hall–Kier alpha value is -3.10. The Morgan fingerprint density at radius 1 is 1.23 bits per heavy atom. The van der Waals surface area contributed by atoms with Crippen molar-refractivity contribution in [2.24, 2.45) is 0 Å². The maximum absolute atomic E-state index is 12.4. The number of nitrogens with one attached hydrogen (secondary N) is 1. The average Bonchev–Trinajstić information content (AvgIpc) is 3.02. The van der Waals surface area contributed by atoms with E-state index in [1.165, 1.54) is 0 Å². The molecule has 6 heteroatoms. The first-order valence-corrected chi connectivity index (χ1v) is 10.4. The van der Waals surface area contributed by atoms with Gasteiger partial charge in [-0.25, -0.2) is 4.68 Å². The molecule has 0 spiro atoms. The number of amides is 1. The second-order valence-electron chi connectivity index (χ2n) is 7.32. The van der Waals surface area contributed by atoms with E-state index in [0.717, 1.165) is 41.0 Å². The first-order valence-electron chi connectivity index (χ1n) is 10.1. The van der Waals surface area contributed by atoms with E-state index in [2.05, 4.69) is 23.4 Å². The molecule has 154 valence electrons. The summed E-state index contributed by atoms with van der Waals surface area (Å²) in [5.41, 5.74) is 6.02. The van der Waals surface area contributed by atoms with Crippen molar-refractivity contribution in [3.05, 3.63) is 81.1 Å². The second kappa shape index (κ2) is 9.60. The van der Waals surface area contributed by atoms with Gasteiger partial charge in [-0.05, 0) is 56.2 Å². The molecule has 1 aromatic heterocycles. The predicted octanol–water partition coefficient (Wildman–Crippen LogP) is 5.13. The Labute approximate surface area is 182 Å². The fourth-order valence-electron chi connectivity index (χ4n) is 3.42. The molecule has 30 heavy (non-hydrogen) atoms. The molecule has 0 bridgehead atoms. The summed E-state index contributed by atoms with van der Waals surface area (Å²) >= 11 is 6.20. The van der Waals surface area contributed by atoms with Crippen LogP contribution in [-0.4, -0.2) is 22.2 Å². The van der Waals surface area contributed by atoms with Crippen LogP contribution in [0.1, 0.15) is 58.2 Å². The lowest BCUT2D eigenvalue weighted by Gasteiger charge is -2.08. The molecule has 2 aromatic carbocycles. The smallest absolute Gasteiger partial charge is 0.251 e. The summed E-state index contributed by atoms with van der Waals surface area (Å²) in [5.74, 6) is -0.0401. The van der Waals surface area contributed by atoms with Crippen LogP contribution in [0, 0.1) is 25.2 Å². The molecule has 1 heterocycles. The molecule has 3 aromatic rings. The summed E-state index contributed by atoms with van der Waals surface area (Å²) in [6.45, 7) is 6.79. The normalized spacial score (nSPS) is 10.6. The minimum absolute atomic E-state index is 0.0401. The van der Waals surface area contributed by atoms with Crippen LogP contribution in [0.15, 0.2) is 42.5 Å². The molecule has 0 aliphatic heterocycles. The fraction of sp³-hybridized carbons (Fsp3) is 0.292. The molecule has 0 radical (unpaired) electrons. The molecule has 1 amide bonds. The van der Waals surface area contributed by atoms with Crippen LogP contribution in [0.25, 0.3) is 5.69 Å². The van der Waals surface area contributed by atoms with Crippen molar-refractivity contribution in [2.75, 3.05) is 6.54 Å². The van der Waals surface area contributed by atoms with Gasteiger partial charge in [0.1, 0.15) is 6.07 Å². The zero-order valence-electron chi connectivity index (χ0n) is 17.5. The zero-order chi connectivity index (χ0) is 21.7. The van der Waals surface area contributed by atoms with Gasteiger partial charge in [-0.1, -0.05) is 37.1 Å². The van der Waals surface area contributed by atoms with Gasteiger partial charge in [-0.2, -0.15) is 10.4 Å². The molecular weight excluding hydrogens is 396 g/mol. The highest BCUT2D eigenvalue weighted by molar-refractivity contribution is 6.31. The van der Waals surface area contributed by atoms with E-state index >= 15 is 0 Å². The van der Waals surface area contributed by atoms with Crippen LogP contribution in [0.4, 0.5) is 0 Å². The van der Waals surface area contributed by atoms with Crippen molar-refractivity contribution >= 4 is 17.5 Å². The van der Waals surface area contributed by atoms with Crippen LogP contribution < -0.4 is 5.32 Å². The lowest BCUT2D eigenvalue weighted by atomic mass is 10.0. The highest BCUT2D eigenvalue weighted by Gasteiger charge is 2.15. The number of carbonyl (C=O) groups is 1. The van der Waals surface area contributed by atoms with Gasteiger partial charge in [0.15, 0.2) is 0 Å². The molecule has 0 atom stereocenters. The Balaban J connectivity index is 1.85. The molecule has 0 unspecified atom stereocenters. The van der Waals surface area contributed by atoms with E-state index in [1.54, 1.807) is 12.1 Å². The van der Waals surface area contributed by atoms with Gasteiger partial charge in [-0.15, -0.1) is 0 Å². The van der Waals surface area contributed by atoms with Crippen LogP contribution in [0.5, 0.6) is 0 Å². The second-order valence-corrected chi connectivity index (χ2v) is 7.73. The third-order valence-electron chi connectivity index (χ3n) is 5.14. The summed E-state index contributed by atoms with van der Waals surface area (Å²) < 4.78 is 1.85. The third kappa shape index (κ3) is 4.72. The predicted molar refractivity (Wildman–Crippen MR) is 119 cm³/mol. The zero-order valence-corrected chi connectivity index (χ0v) is 18.3. The first kappa shape index (κ1) is 21.6. The minimum Gasteiger partial charge on any atom is -0.352 e. The summed E-state index contributed by atoms with van der Waals surface area (Å²) in [6.07, 6.45) is 2.70. The third-order valence-corrected chi connectivity index (χ3v) is 5.46. The largest absolute Gasteiger partial charge is 0.352 e. The molecule has 5 nitrogen and oxygen atoms in total. The van der Waals surface area contributed by atoms with Crippen molar-refractivity contribution in [3.63, 3.8) is 0 Å². The van der Waals surface area contributed by atoms with E-state index in [-0.39, 0.29) is 5.91 Å². The quantitative estimate of drug-likeness (QED) is 0.538. The number of hydrogen-bond acceptors (Lipinski definition) is 3. The minimum atomic E-state index is -0.0401. The van der Waals surface area contributed by atoms with Crippen LogP contribution in [0.2, 0.25) is 5.02 Å². The van der Waals surface area contributed by atoms with Crippen LogP contribution in [0.3, 0.4) is 0 Å². The van der Waals surface area contributed by atoms with E-state index in [9.17, 15) is 4.79 Å². The van der Waals surface area contributed by atoms with Crippen LogP contribution >= 0.6 is 11.6 Å². The molecule has 0 aliphatic rings. The number of hydrogen-bond donors (Lipinski definition) is 1. The molecule has 0 fully saturated rings. The number of aromatic nitrogens is 2. The van der Waals surface area contributed by atoms with E-state index in [1.807, 2.05) is 48.9 Å². The number of aryl methyl sites for hydroxylation is 1. The lowest BCUT2D eigenvalue weighted by molar-refractivity contribution is 0.0953. The van der Waals surface area contributed by atoms with E-state index in [4.69, 9.17) is 16.9 Å². The van der Waals surface area contributed by atoms with Crippen molar-refractivity contribution in [3.8, 4) is 11.8 Å². The summed E-state index contributed by atoms with van der Waals surface area (Å²) in [7, 11) is 0. The molecule has 0 saturated carbocycles. The van der Waals surface area contributed by atoms with E-state index in [0.29, 0.717) is 29.1 Å². The highest BCUT2D eigenvalue weighted by Crippen LogP contribution is 2.24. The van der Waals surface area contributed by atoms with Crippen molar-refractivity contribution in [2.45, 2.75) is 40.0 Å². The van der Waals surface area contributed by atoms with Gasteiger partial charge in [-0.3, -0.25) is 4.79 Å².